The summed E-state index contributed by atoms with van der Waals surface area (Å²) in [6, 6.07) is 14.7. The van der Waals surface area contributed by atoms with Gasteiger partial charge in [-0.2, -0.15) is 0 Å². The van der Waals surface area contributed by atoms with Crippen LogP contribution in [0.2, 0.25) is 0 Å². The second-order valence-electron chi connectivity index (χ2n) is 6.88. The lowest BCUT2D eigenvalue weighted by atomic mass is 10.0. The third-order valence-corrected chi connectivity index (χ3v) is 4.51. The van der Waals surface area contributed by atoms with Crippen LogP contribution in [0.5, 0.6) is 5.75 Å². The van der Waals surface area contributed by atoms with E-state index in [0.29, 0.717) is 24.3 Å². The molecule has 0 saturated carbocycles. The number of hydrogen-bond donors (Lipinski definition) is 0. The molecule has 4 heteroatoms. The maximum atomic E-state index is 12.1. The van der Waals surface area contributed by atoms with Gasteiger partial charge in [0.05, 0.1) is 12.2 Å². The number of hydrogen-bond acceptors (Lipinski definition) is 4. The number of carbonyl (C=O) groups is 2. The highest BCUT2D eigenvalue weighted by molar-refractivity contribution is 5.90. The average Bonchev–Trinajstić information content (AvgIpc) is 2.72. The molecule has 0 spiro atoms. The first-order valence-electron chi connectivity index (χ1n) is 10.2. The summed E-state index contributed by atoms with van der Waals surface area (Å²) in [6.45, 7) is 4.67. The lowest BCUT2D eigenvalue weighted by Gasteiger charge is -2.07. The van der Waals surface area contributed by atoms with Gasteiger partial charge in [0.2, 0.25) is 0 Å². The first-order chi connectivity index (χ1) is 13.6. The SMILES string of the molecule is CCCCCCOC(=O)c1ccc(-c2ccc(OC(=O)CCCC)cc2)cc1. The Morgan fingerprint density at radius 2 is 1.36 bits per heavy atom. The molecule has 0 saturated heterocycles. The van der Waals surface area contributed by atoms with Crippen LogP contribution in [0.1, 0.15) is 69.2 Å². The van der Waals surface area contributed by atoms with Gasteiger partial charge in [-0.1, -0.05) is 63.8 Å². The highest BCUT2D eigenvalue weighted by Gasteiger charge is 2.08. The zero-order valence-corrected chi connectivity index (χ0v) is 16.9. The molecule has 0 amide bonds. The number of esters is 2. The molecule has 0 aliphatic heterocycles. The van der Waals surface area contributed by atoms with Gasteiger partial charge >= 0.3 is 11.9 Å². The van der Waals surface area contributed by atoms with Crippen LogP contribution < -0.4 is 4.74 Å². The third-order valence-electron chi connectivity index (χ3n) is 4.51. The Balaban J connectivity index is 1.88. The van der Waals surface area contributed by atoms with E-state index in [2.05, 4.69) is 6.92 Å². The topological polar surface area (TPSA) is 52.6 Å². The number of rotatable bonds is 11. The van der Waals surface area contributed by atoms with Crippen LogP contribution >= 0.6 is 0 Å². The van der Waals surface area contributed by atoms with Gasteiger partial charge in [-0.25, -0.2) is 4.79 Å². The molecule has 0 aromatic heterocycles. The van der Waals surface area contributed by atoms with E-state index in [-0.39, 0.29) is 11.9 Å². The van der Waals surface area contributed by atoms with Crippen LogP contribution in [0.25, 0.3) is 11.1 Å². The van der Waals surface area contributed by atoms with Crippen LogP contribution in [-0.4, -0.2) is 18.5 Å². The summed E-state index contributed by atoms with van der Waals surface area (Å²) in [5.74, 6) is 0.0673. The van der Waals surface area contributed by atoms with Gasteiger partial charge in [-0.15, -0.1) is 0 Å². The number of unbranched alkanes of at least 4 members (excludes halogenated alkanes) is 4. The fraction of sp³-hybridized carbons (Fsp3) is 0.417. The molecule has 0 heterocycles. The Morgan fingerprint density at radius 1 is 0.750 bits per heavy atom. The Hall–Kier alpha value is -2.62. The summed E-state index contributed by atoms with van der Waals surface area (Å²) in [4.78, 5) is 23.8. The van der Waals surface area contributed by atoms with Gasteiger partial charge in [0.1, 0.15) is 5.75 Å². The summed E-state index contributed by atoms with van der Waals surface area (Å²) in [6.07, 6.45) is 6.58. The van der Waals surface area contributed by atoms with E-state index in [1.165, 1.54) is 6.42 Å². The second-order valence-corrected chi connectivity index (χ2v) is 6.88. The van der Waals surface area contributed by atoms with Crippen molar-refractivity contribution in [3.63, 3.8) is 0 Å². The minimum absolute atomic E-state index is 0.202. The average molecular weight is 383 g/mol. The molecule has 0 unspecified atom stereocenters. The van der Waals surface area contributed by atoms with Crippen molar-refractivity contribution >= 4 is 11.9 Å². The standard InChI is InChI=1S/C24H30O4/c1-3-5-7-8-18-27-24(26)21-12-10-19(11-13-21)20-14-16-22(17-15-20)28-23(25)9-6-4-2/h10-17H,3-9,18H2,1-2H3. The van der Waals surface area contributed by atoms with Gasteiger partial charge in [0.15, 0.2) is 0 Å². The van der Waals surface area contributed by atoms with Gasteiger partial charge in [0.25, 0.3) is 0 Å². The van der Waals surface area contributed by atoms with Crippen molar-refractivity contribution in [3.05, 3.63) is 54.1 Å². The van der Waals surface area contributed by atoms with E-state index in [9.17, 15) is 9.59 Å². The Kier molecular flexibility index (Phi) is 9.26. The van der Waals surface area contributed by atoms with Crippen LogP contribution in [-0.2, 0) is 9.53 Å². The van der Waals surface area contributed by atoms with Crippen molar-refractivity contribution in [2.75, 3.05) is 6.61 Å². The third kappa shape index (κ3) is 7.18. The number of benzene rings is 2. The van der Waals surface area contributed by atoms with Gasteiger partial charge < -0.3 is 9.47 Å². The molecule has 4 nitrogen and oxygen atoms in total. The maximum Gasteiger partial charge on any atom is 0.338 e. The molecular weight excluding hydrogens is 352 g/mol. The molecule has 0 atom stereocenters. The van der Waals surface area contributed by atoms with Crippen LogP contribution in [0, 0.1) is 0 Å². The van der Waals surface area contributed by atoms with Gasteiger partial charge in [-0.05, 0) is 48.2 Å². The fourth-order valence-electron chi connectivity index (χ4n) is 2.79. The molecule has 2 rings (SSSR count). The fourth-order valence-corrected chi connectivity index (χ4v) is 2.79. The molecule has 2 aromatic carbocycles. The van der Waals surface area contributed by atoms with Crippen molar-refractivity contribution in [2.45, 2.75) is 58.8 Å². The molecule has 28 heavy (non-hydrogen) atoms. The number of ether oxygens (including phenoxy) is 2. The molecule has 0 radical (unpaired) electrons. The second kappa shape index (κ2) is 12.0. The first-order valence-corrected chi connectivity index (χ1v) is 10.2. The van der Waals surface area contributed by atoms with Crippen LogP contribution in [0.15, 0.2) is 48.5 Å². The summed E-state index contributed by atoms with van der Waals surface area (Å²) < 4.78 is 10.6. The highest BCUT2D eigenvalue weighted by atomic mass is 16.5. The lowest BCUT2D eigenvalue weighted by Crippen LogP contribution is -2.07. The maximum absolute atomic E-state index is 12.1. The molecule has 0 bridgehead atoms. The zero-order valence-electron chi connectivity index (χ0n) is 16.9. The molecule has 0 aliphatic rings. The smallest absolute Gasteiger partial charge is 0.338 e. The van der Waals surface area contributed by atoms with E-state index in [0.717, 1.165) is 43.2 Å². The number of carbonyl (C=O) groups excluding carboxylic acids is 2. The van der Waals surface area contributed by atoms with E-state index in [1.807, 2.05) is 31.2 Å². The highest BCUT2D eigenvalue weighted by Crippen LogP contribution is 2.23. The first kappa shape index (κ1) is 21.7. The summed E-state index contributed by atoms with van der Waals surface area (Å²) in [5.41, 5.74) is 2.54. The molecule has 150 valence electrons. The Bertz CT molecular complexity index is 732. The van der Waals surface area contributed by atoms with Crippen LogP contribution in [0.3, 0.4) is 0 Å². The zero-order chi connectivity index (χ0) is 20.2. The van der Waals surface area contributed by atoms with E-state index in [1.54, 1.807) is 24.3 Å². The summed E-state index contributed by atoms with van der Waals surface area (Å²) in [5, 5.41) is 0. The predicted octanol–water partition coefficient (Wildman–Crippen LogP) is 6.19. The Morgan fingerprint density at radius 3 is 1.96 bits per heavy atom. The largest absolute Gasteiger partial charge is 0.462 e. The van der Waals surface area contributed by atoms with Crippen molar-refractivity contribution in [1.82, 2.24) is 0 Å². The lowest BCUT2D eigenvalue weighted by molar-refractivity contribution is -0.134. The van der Waals surface area contributed by atoms with Crippen molar-refractivity contribution < 1.29 is 19.1 Å². The van der Waals surface area contributed by atoms with E-state index < -0.39 is 0 Å². The molecular formula is C24H30O4. The van der Waals surface area contributed by atoms with Crippen molar-refractivity contribution in [1.29, 1.82) is 0 Å². The normalized spacial score (nSPS) is 10.5. The minimum Gasteiger partial charge on any atom is -0.462 e. The Labute approximate surface area is 167 Å². The summed E-state index contributed by atoms with van der Waals surface area (Å²) >= 11 is 0. The minimum atomic E-state index is -0.280. The molecule has 0 N–H and O–H groups in total. The molecule has 2 aromatic rings. The van der Waals surface area contributed by atoms with Gasteiger partial charge in [-0.3, -0.25) is 4.79 Å². The van der Waals surface area contributed by atoms with Gasteiger partial charge in [0, 0.05) is 6.42 Å². The van der Waals surface area contributed by atoms with Crippen molar-refractivity contribution in [2.24, 2.45) is 0 Å². The van der Waals surface area contributed by atoms with Crippen molar-refractivity contribution in [3.8, 4) is 16.9 Å². The monoisotopic (exact) mass is 382 g/mol. The quantitative estimate of drug-likeness (QED) is 0.264. The predicted molar refractivity (Wildman–Crippen MR) is 111 cm³/mol. The summed E-state index contributed by atoms with van der Waals surface area (Å²) in [7, 11) is 0. The molecule has 0 fully saturated rings. The van der Waals surface area contributed by atoms with E-state index in [4.69, 9.17) is 9.47 Å². The molecule has 0 aliphatic carbocycles. The van der Waals surface area contributed by atoms with Crippen LogP contribution in [0.4, 0.5) is 0 Å². The van der Waals surface area contributed by atoms with E-state index >= 15 is 0 Å².